The van der Waals surface area contributed by atoms with Gasteiger partial charge in [-0.2, -0.15) is 0 Å². The molecule has 1 aliphatic rings. The summed E-state index contributed by atoms with van der Waals surface area (Å²) in [5.41, 5.74) is 6.67. The second-order valence-corrected chi connectivity index (χ2v) is 2.87. The largest absolute Gasteiger partial charge is 0.355 e. The average molecular weight is 166 g/mol. The summed E-state index contributed by atoms with van der Waals surface area (Å²) < 4.78 is 0. The average Bonchev–Trinajstić information content (AvgIpc) is 2.15. The Morgan fingerprint density at radius 3 is 3.25 bits per heavy atom. The lowest BCUT2D eigenvalue weighted by Crippen LogP contribution is -2.18. The van der Waals surface area contributed by atoms with Gasteiger partial charge in [0.05, 0.1) is 0 Å². The quantitative estimate of drug-likeness (QED) is 0.586. The van der Waals surface area contributed by atoms with Gasteiger partial charge in [0.2, 0.25) is 6.41 Å². The highest BCUT2D eigenvalue weighted by atomic mass is 16.1. The molecule has 0 aromatic heterocycles. The molecule has 3 heteroatoms. The van der Waals surface area contributed by atoms with Gasteiger partial charge in [-0.1, -0.05) is 18.2 Å². The third-order valence-electron chi connectivity index (χ3n) is 1.91. The second kappa shape index (κ2) is 4.72. The van der Waals surface area contributed by atoms with Crippen LogP contribution in [0.1, 0.15) is 6.42 Å². The van der Waals surface area contributed by atoms with Crippen molar-refractivity contribution in [3.8, 4) is 0 Å². The fourth-order valence-corrected chi connectivity index (χ4v) is 1.26. The molecule has 1 rings (SSSR count). The van der Waals surface area contributed by atoms with Crippen LogP contribution in [0.15, 0.2) is 23.8 Å². The molecule has 0 aromatic carbocycles. The summed E-state index contributed by atoms with van der Waals surface area (Å²) >= 11 is 0. The zero-order valence-electron chi connectivity index (χ0n) is 6.99. The molecule has 0 saturated heterocycles. The van der Waals surface area contributed by atoms with Gasteiger partial charge in [0.25, 0.3) is 0 Å². The minimum absolute atomic E-state index is 0.443. The number of carbonyl (C=O) groups excluding carboxylic acids is 1. The standard InChI is InChI=1S/C9H14N2O/c10-5-8-2-1-3-9(4-8)6-11-7-12/h1,3-4,7-8H,2,5-6,10H2,(H,11,12)/t8-/m0/s1. The van der Waals surface area contributed by atoms with Crippen LogP contribution < -0.4 is 11.1 Å². The van der Waals surface area contributed by atoms with Gasteiger partial charge in [0.1, 0.15) is 0 Å². The van der Waals surface area contributed by atoms with Crippen molar-refractivity contribution in [2.45, 2.75) is 6.42 Å². The van der Waals surface area contributed by atoms with Crippen molar-refractivity contribution in [3.05, 3.63) is 23.8 Å². The van der Waals surface area contributed by atoms with E-state index in [-0.39, 0.29) is 0 Å². The highest BCUT2D eigenvalue weighted by molar-refractivity contribution is 5.47. The van der Waals surface area contributed by atoms with Crippen molar-refractivity contribution in [2.24, 2.45) is 11.7 Å². The Morgan fingerprint density at radius 1 is 1.75 bits per heavy atom. The van der Waals surface area contributed by atoms with Crippen molar-refractivity contribution < 1.29 is 4.79 Å². The second-order valence-electron chi connectivity index (χ2n) is 2.87. The van der Waals surface area contributed by atoms with Crippen molar-refractivity contribution in [3.63, 3.8) is 0 Å². The number of hydrogen-bond donors (Lipinski definition) is 2. The maximum absolute atomic E-state index is 10.0. The Bertz CT molecular complexity index is 209. The summed E-state index contributed by atoms with van der Waals surface area (Å²) in [6.07, 6.45) is 7.97. The van der Waals surface area contributed by atoms with E-state index in [4.69, 9.17) is 5.73 Å². The lowest BCUT2D eigenvalue weighted by Gasteiger charge is -2.13. The van der Waals surface area contributed by atoms with Crippen molar-refractivity contribution in [1.29, 1.82) is 0 Å². The molecule has 1 aliphatic carbocycles. The van der Waals surface area contributed by atoms with Gasteiger partial charge in [0, 0.05) is 6.54 Å². The lowest BCUT2D eigenvalue weighted by molar-refractivity contribution is -0.109. The van der Waals surface area contributed by atoms with Gasteiger partial charge in [-0.15, -0.1) is 0 Å². The smallest absolute Gasteiger partial charge is 0.207 e. The zero-order chi connectivity index (χ0) is 8.81. The van der Waals surface area contributed by atoms with Crippen LogP contribution in [0.2, 0.25) is 0 Å². The number of carbonyl (C=O) groups is 1. The number of nitrogens with one attached hydrogen (secondary N) is 1. The van der Waals surface area contributed by atoms with Crippen LogP contribution >= 0.6 is 0 Å². The van der Waals surface area contributed by atoms with E-state index in [1.165, 1.54) is 0 Å². The Kier molecular flexibility index (Phi) is 3.54. The Morgan fingerprint density at radius 2 is 2.58 bits per heavy atom. The number of nitrogens with two attached hydrogens (primary N) is 1. The first-order valence-corrected chi connectivity index (χ1v) is 4.11. The van der Waals surface area contributed by atoms with E-state index in [1.807, 2.05) is 6.08 Å². The lowest BCUT2D eigenvalue weighted by atomic mass is 9.96. The molecule has 66 valence electrons. The highest BCUT2D eigenvalue weighted by Crippen LogP contribution is 2.14. The van der Waals surface area contributed by atoms with Crippen LogP contribution in [0.3, 0.4) is 0 Å². The molecule has 0 saturated carbocycles. The highest BCUT2D eigenvalue weighted by Gasteiger charge is 2.06. The Balaban J connectivity index is 2.45. The summed E-state index contributed by atoms with van der Waals surface area (Å²) in [6, 6.07) is 0. The van der Waals surface area contributed by atoms with Gasteiger partial charge < -0.3 is 11.1 Å². The van der Waals surface area contributed by atoms with Crippen molar-refractivity contribution in [2.75, 3.05) is 13.1 Å². The first-order valence-electron chi connectivity index (χ1n) is 4.11. The van der Waals surface area contributed by atoms with E-state index in [1.54, 1.807) is 0 Å². The molecule has 0 radical (unpaired) electrons. The normalized spacial score (nSPS) is 21.8. The number of hydrogen-bond acceptors (Lipinski definition) is 2. The summed E-state index contributed by atoms with van der Waals surface area (Å²) in [6.45, 7) is 1.28. The number of rotatable bonds is 4. The fourth-order valence-electron chi connectivity index (χ4n) is 1.26. The summed E-state index contributed by atoms with van der Waals surface area (Å²) in [7, 11) is 0. The molecule has 3 N–H and O–H groups in total. The molecular formula is C9H14N2O. The first-order chi connectivity index (χ1) is 5.86. The Hall–Kier alpha value is -1.09. The Labute approximate surface area is 72.3 Å². The molecule has 0 aliphatic heterocycles. The predicted molar refractivity (Wildman–Crippen MR) is 48.5 cm³/mol. The van der Waals surface area contributed by atoms with Gasteiger partial charge in [-0.3, -0.25) is 4.79 Å². The maximum Gasteiger partial charge on any atom is 0.207 e. The minimum Gasteiger partial charge on any atom is -0.355 e. The zero-order valence-corrected chi connectivity index (χ0v) is 6.99. The number of allylic oxidation sites excluding steroid dienone is 1. The van der Waals surface area contributed by atoms with Crippen molar-refractivity contribution >= 4 is 6.41 Å². The topological polar surface area (TPSA) is 55.1 Å². The minimum atomic E-state index is 0.443. The van der Waals surface area contributed by atoms with Crippen LogP contribution in [0.4, 0.5) is 0 Å². The molecule has 1 amide bonds. The first kappa shape index (κ1) is 9.00. The molecule has 0 heterocycles. The molecule has 3 nitrogen and oxygen atoms in total. The van der Waals surface area contributed by atoms with E-state index >= 15 is 0 Å². The van der Waals surface area contributed by atoms with E-state index < -0.39 is 0 Å². The molecule has 0 bridgehead atoms. The van der Waals surface area contributed by atoms with Crippen LogP contribution in [0, 0.1) is 5.92 Å². The molecule has 0 spiro atoms. The van der Waals surface area contributed by atoms with Gasteiger partial charge in [-0.05, 0) is 24.5 Å². The molecule has 0 aromatic rings. The van der Waals surface area contributed by atoms with E-state index in [2.05, 4.69) is 17.5 Å². The maximum atomic E-state index is 10.0. The van der Waals surface area contributed by atoms with E-state index in [9.17, 15) is 4.79 Å². The third kappa shape index (κ3) is 2.51. The van der Waals surface area contributed by atoms with Crippen LogP contribution in [0.25, 0.3) is 0 Å². The SMILES string of the molecule is NC[C@@H]1C=C(CNC=O)C=CC1. The molecule has 0 unspecified atom stereocenters. The van der Waals surface area contributed by atoms with Crippen molar-refractivity contribution in [1.82, 2.24) is 5.32 Å². The predicted octanol–water partition coefficient (Wildman–Crippen LogP) is 0.194. The molecular weight excluding hydrogens is 152 g/mol. The van der Waals surface area contributed by atoms with E-state index in [0.717, 1.165) is 12.0 Å². The van der Waals surface area contributed by atoms with Gasteiger partial charge in [0.15, 0.2) is 0 Å². The molecule has 1 atom stereocenters. The summed E-state index contributed by atoms with van der Waals surface area (Å²) in [4.78, 5) is 10.0. The number of amides is 1. The summed E-state index contributed by atoms with van der Waals surface area (Å²) in [5.74, 6) is 0.443. The molecule has 12 heavy (non-hydrogen) atoms. The third-order valence-corrected chi connectivity index (χ3v) is 1.91. The van der Waals surface area contributed by atoms with Crippen LogP contribution in [-0.2, 0) is 4.79 Å². The summed E-state index contributed by atoms with van der Waals surface area (Å²) in [5, 5.41) is 2.62. The fraction of sp³-hybridized carbons (Fsp3) is 0.444. The molecule has 0 fully saturated rings. The monoisotopic (exact) mass is 166 g/mol. The van der Waals surface area contributed by atoms with Gasteiger partial charge >= 0.3 is 0 Å². The van der Waals surface area contributed by atoms with Gasteiger partial charge in [-0.25, -0.2) is 0 Å². The van der Waals surface area contributed by atoms with Crippen LogP contribution in [0.5, 0.6) is 0 Å². The van der Waals surface area contributed by atoms with E-state index in [0.29, 0.717) is 25.4 Å². The van der Waals surface area contributed by atoms with Crippen LogP contribution in [-0.4, -0.2) is 19.5 Å².